The highest BCUT2D eigenvalue weighted by Crippen LogP contribution is 2.31. The number of benzene rings is 1. The largest absolute Gasteiger partial charge is 0.301 e. The molecule has 28 heavy (non-hydrogen) atoms. The van der Waals surface area contributed by atoms with Crippen LogP contribution in [-0.4, -0.2) is 43.6 Å². The van der Waals surface area contributed by atoms with Crippen LogP contribution in [-0.2, 0) is 0 Å². The highest BCUT2D eigenvalue weighted by Gasteiger charge is 2.25. The third-order valence-corrected chi connectivity index (χ3v) is 5.69. The Bertz CT molecular complexity index is 983. The Kier molecular flexibility index (Phi) is 6.44. The molecule has 4 rings (SSSR count). The zero-order valence-electron chi connectivity index (χ0n) is 15.6. The summed E-state index contributed by atoms with van der Waals surface area (Å²) in [6.45, 7) is 6.52. The number of hydrogen-bond donors (Lipinski definition) is 0. The molecular formula is C19H21Cl3FN5. The first kappa shape index (κ1) is 21.2. The summed E-state index contributed by atoms with van der Waals surface area (Å²) in [5.41, 5.74) is 1.77. The normalized spacial score (nSPS) is 15.9. The molecule has 0 aliphatic carbocycles. The van der Waals surface area contributed by atoms with E-state index in [0.29, 0.717) is 28.9 Å². The van der Waals surface area contributed by atoms with Gasteiger partial charge in [0.1, 0.15) is 5.82 Å². The fourth-order valence-corrected chi connectivity index (χ4v) is 4.03. The summed E-state index contributed by atoms with van der Waals surface area (Å²) < 4.78 is 14.9. The molecule has 1 aromatic carbocycles. The van der Waals surface area contributed by atoms with E-state index >= 15 is 0 Å². The molecule has 3 aromatic rings. The Labute approximate surface area is 179 Å². The monoisotopic (exact) mass is 443 g/mol. The average molecular weight is 445 g/mol. The second-order valence-electron chi connectivity index (χ2n) is 7.18. The van der Waals surface area contributed by atoms with Gasteiger partial charge < -0.3 is 4.90 Å². The maximum atomic E-state index is 13.3. The van der Waals surface area contributed by atoms with E-state index in [4.69, 9.17) is 28.2 Å². The molecule has 0 bridgehead atoms. The Morgan fingerprint density at radius 1 is 1.11 bits per heavy atom. The van der Waals surface area contributed by atoms with Gasteiger partial charge in [0.2, 0.25) is 5.28 Å². The maximum Gasteiger partial charge on any atom is 0.226 e. The SMILES string of the molecule is CC(C)N1CCC(c2nc3cc(-c4ccc(F)cc4Cl)nc(Cl)n3n2)CC1.Cl. The predicted molar refractivity (Wildman–Crippen MR) is 112 cm³/mol. The second kappa shape index (κ2) is 8.49. The van der Waals surface area contributed by atoms with Crippen molar-refractivity contribution in [3.05, 3.63) is 46.2 Å². The van der Waals surface area contributed by atoms with Crippen LogP contribution >= 0.6 is 35.6 Å². The summed E-state index contributed by atoms with van der Waals surface area (Å²) in [6, 6.07) is 6.53. The number of rotatable bonds is 3. The van der Waals surface area contributed by atoms with Gasteiger partial charge in [0.15, 0.2) is 11.5 Å². The fraction of sp³-hybridized carbons (Fsp3) is 0.421. The molecule has 0 spiro atoms. The lowest BCUT2D eigenvalue weighted by Gasteiger charge is -2.33. The van der Waals surface area contributed by atoms with Crippen LogP contribution in [0.5, 0.6) is 0 Å². The number of piperidine rings is 1. The molecule has 0 amide bonds. The molecule has 0 N–H and O–H groups in total. The number of nitrogens with zero attached hydrogens (tertiary/aromatic N) is 5. The molecule has 0 saturated carbocycles. The molecule has 1 aliphatic heterocycles. The summed E-state index contributed by atoms with van der Waals surface area (Å²) >= 11 is 12.5. The minimum absolute atomic E-state index is 0. The first-order valence-corrected chi connectivity index (χ1v) is 9.80. The first-order chi connectivity index (χ1) is 12.9. The van der Waals surface area contributed by atoms with Crippen molar-refractivity contribution in [2.24, 2.45) is 0 Å². The topological polar surface area (TPSA) is 46.3 Å². The van der Waals surface area contributed by atoms with E-state index in [1.54, 1.807) is 16.6 Å². The van der Waals surface area contributed by atoms with Gasteiger partial charge in [-0.05, 0) is 69.6 Å². The third kappa shape index (κ3) is 4.10. The summed E-state index contributed by atoms with van der Waals surface area (Å²) in [4.78, 5) is 11.5. The summed E-state index contributed by atoms with van der Waals surface area (Å²) in [5, 5.41) is 5.07. The number of aromatic nitrogens is 4. The van der Waals surface area contributed by atoms with E-state index in [0.717, 1.165) is 31.8 Å². The van der Waals surface area contributed by atoms with Crippen LogP contribution in [0.1, 0.15) is 38.4 Å². The van der Waals surface area contributed by atoms with Crippen LogP contribution in [0.25, 0.3) is 16.9 Å². The summed E-state index contributed by atoms with van der Waals surface area (Å²) in [7, 11) is 0. The van der Waals surface area contributed by atoms with E-state index in [2.05, 4.69) is 28.8 Å². The average Bonchev–Trinajstić information content (AvgIpc) is 3.06. The number of halogens is 4. The zero-order valence-corrected chi connectivity index (χ0v) is 17.9. The van der Waals surface area contributed by atoms with Crippen LogP contribution in [0, 0.1) is 5.82 Å². The van der Waals surface area contributed by atoms with Crippen LogP contribution in [0.2, 0.25) is 10.3 Å². The van der Waals surface area contributed by atoms with Crippen molar-refractivity contribution in [3.8, 4) is 11.3 Å². The summed E-state index contributed by atoms with van der Waals surface area (Å²) in [5.74, 6) is 0.715. The lowest BCUT2D eigenvalue weighted by atomic mass is 9.95. The van der Waals surface area contributed by atoms with Crippen molar-refractivity contribution in [1.29, 1.82) is 0 Å². The van der Waals surface area contributed by atoms with Crippen molar-refractivity contribution < 1.29 is 4.39 Å². The smallest absolute Gasteiger partial charge is 0.226 e. The van der Waals surface area contributed by atoms with Gasteiger partial charge in [-0.1, -0.05) is 11.6 Å². The number of likely N-dealkylation sites (tertiary alicyclic amines) is 1. The molecule has 1 aliphatic rings. The van der Waals surface area contributed by atoms with E-state index in [-0.39, 0.29) is 22.7 Å². The molecule has 0 unspecified atom stereocenters. The molecule has 3 heterocycles. The van der Waals surface area contributed by atoms with Crippen LogP contribution in [0.4, 0.5) is 4.39 Å². The molecule has 150 valence electrons. The minimum atomic E-state index is -0.395. The first-order valence-electron chi connectivity index (χ1n) is 9.05. The Morgan fingerprint density at radius 3 is 2.46 bits per heavy atom. The van der Waals surface area contributed by atoms with Crippen molar-refractivity contribution in [1.82, 2.24) is 24.5 Å². The molecule has 0 radical (unpaired) electrons. The molecule has 9 heteroatoms. The highest BCUT2D eigenvalue weighted by atomic mass is 35.5. The Hall–Kier alpha value is -1.47. The van der Waals surface area contributed by atoms with Gasteiger partial charge in [-0.15, -0.1) is 17.5 Å². The molecule has 5 nitrogen and oxygen atoms in total. The predicted octanol–water partition coefficient (Wildman–Crippen LogP) is 5.25. The van der Waals surface area contributed by atoms with E-state index in [9.17, 15) is 4.39 Å². The maximum absolute atomic E-state index is 13.3. The van der Waals surface area contributed by atoms with E-state index < -0.39 is 5.82 Å². The molecule has 1 saturated heterocycles. The number of hydrogen-bond acceptors (Lipinski definition) is 4. The van der Waals surface area contributed by atoms with Crippen LogP contribution < -0.4 is 0 Å². The van der Waals surface area contributed by atoms with Gasteiger partial charge in [0, 0.05) is 23.6 Å². The fourth-order valence-electron chi connectivity index (χ4n) is 3.55. The lowest BCUT2D eigenvalue weighted by molar-refractivity contribution is 0.169. The second-order valence-corrected chi connectivity index (χ2v) is 7.92. The van der Waals surface area contributed by atoms with Crippen molar-refractivity contribution >= 4 is 41.3 Å². The van der Waals surface area contributed by atoms with Crippen LogP contribution in [0.15, 0.2) is 24.3 Å². The van der Waals surface area contributed by atoms with Crippen molar-refractivity contribution in [3.63, 3.8) is 0 Å². The van der Waals surface area contributed by atoms with E-state index in [1.807, 2.05) is 0 Å². The quantitative estimate of drug-likeness (QED) is 0.518. The standard InChI is InChI=1S/C19H20Cl2FN5.ClH/c1-11(2)26-7-5-12(6-8-26)18-24-17-10-16(23-19(21)27(17)25-18)14-4-3-13(22)9-15(14)20;/h3-4,9-12H,5-8H2,1-2H3;1H. The number of fused-ring (bicyclic) bond motifs is 1. The van der Waals surface area contributed by atoms with Gasteiger partial charge in [-0.2, -0.15) is 4.52 Å². The Morgan fingerprint density at radius 2 is 1.82 bits per heavy atom. The van der Waals surface area contributed by atoms with Gasteiger partial charge in [0.25, 0.3) is 0 Å². The van der Waals surface area contributed by atoms with Gasteiger partial charge in [-0.3, -0.25) is 0 Å². The lowest BCUT2D eigenvalue weighted by Crippen LogP contribution is -2.38. The Balaban J connectivity index is 0.00000225. The van der Waals surface area contributed by atoms with Gasteiger partial charge in [-0.25, -0.2) is 14.4 Å². The molecule has 1 fully saturated rings. The third-order valence-electron chi connectivity index (χ3n) is 5.13. The van der Waals surface area contributed by atoms with E-state index in [1.165, 1.54) is 12.1 Å². The van der Waals surface area contributed by atoms with Crippen molar-refractivity contribution in [2.45, 2.75) is 38.6 Å². The van der Waals surface area contributed by atoms with Gasteiger partial charge in [0.05, 0.1) is 10.7 Å². The molecule has 0 atom stereocenters. The highest BCUT2D eigenvalue weighted by molar-refractivity contribution is 6.33. The van der Waals surface area contributed by atoms with Crippen LogP contribution in [0.3, 0.4) is 0 Å². The summed E-state index contributed by atoms with van der Waals surface area (Å²) in [6.07, 6.45) is 2.05. The van der Waals surface area contributed by atoms with Gasteiger partial charge >= 0.3 is 0 Å². The van der Waals surface area contributed by atoms with Crippen molar-refractivity contribution in [2.75, 3.05) is 13.1 Å². The molecular weight excluding hydrogens is 424 g/mol. The minimum Gasteiger partial charge on any atom is -0.301 e. The molecule has 2 aromatic heterocycles. The zero-order chi connectivity index (χ0) is 19.1.